The van der Waals surface area contributed by atoms with Gasteiger partial charge in [-0.25, -0.2) is 0 Å². The highest BCUT2D eigenvalue weighted by molar-refractivity contribution is 4.94. The molecular formula is C47H99N. The van der Waals surface area contributed by atoms with E-state index >= 15 is 0 Å². The maximum absolute atomic E-state index is 4.44. The maximum Gasteiger partial charge on any atom is -0.0167 e. The topological polar surface area (TPSA) is 12.0 Å². The summed E-state index contributed by atoms with van der Waals surface area (Å²) in [7, 11) is 3.75. The summed E-state index contributed by atoms with van der Waals surface area (Å²) in [6.45, 7) is 26.1. The average Bonchev–Trinajstić information content (AvgIpc) is 3.08. The molecule has 0 aromatic heterocycles. The van der Waals surface area contributed by atoms with E-state index < -0.39 is 0 Å². The smallest absolute Gasteiger partial charge is 0.0167 e. The molecule has 0 aromatic rings. The highest BCUT2D eigenvalue weighted by atomic mass is 14.7. The molecule has 2 atom stereocenters. The lowest BCUT2D eigenvalue weighted by Crippen LogP contribution is -2.02. The molecule has 1 nitrogen and oxygen atoms in total. The first kappa shape index (κ1) is 54.2. The fourth-order valence-corrected chi connectivity index (χ4v) is 6.35. The molecule has 2 unspecified atom stereocenters. The van der Waals surface area contributed by atoms with Gasteiger partial charge in [0, 0.05) is 0 Å². The van der Waals surface area contributed by atoms with Gasteiger partial charge in [0.15, 0.2) is 0 Å². The van der Waals surface area contributed by atoms with Crippen molar-refractivity contribution in [3.8, 4) is 0 Å². The molecular weight excluding hydrogens is 579 g/mol. The van der Waals surface area contributed by atoms with E-state index in [9.17, 15) is 0 Å². The van der Waals surface area contributed by atoms with E-state index in [0.717, 1.165) is 11.8 Å². The molecule has 0 amide bonds. The SMILES string of the molecule is C=C(C)CCCCCC.C=C(CCCCCCCCC(C)CCCCCCCC)CCC(CCCCC)CCCCCC.CC.CNC. The van der Waals surface area contributed by atoms with Crippen LogP contribution in [0.15, 0.2) is 24.3 Å². The van der Waals surface area contributed by atoms with Crippen LogP contribution in [0, 0.1) is 11.8 Å². The van der Waals surface area contributed by atoms with Crippen molar-refractivity contribution >= 4 is 0 Å². The Morgan fingerprint density at radius 3 is 1.21 bits per heavy atom. The predicted molar refractivity (Wildman–Crippen MR) is 229 cm³/mol. The van der Waals surface area contributed by atoms with Gasteiger partial charge in [-0.15, -0.1) is 6.58 Å². The zero-order valence-corrected chi connectivity index (χ0v) is 36.0. The molecule has 1 N–H and O–H groups in total. The van der Waals surface area contributed by atoms with E-state index in [2.05, 4.69) is 60.0 Å². The van der Waals surface area contributed by atoms with Crippen molar-refractivity contribution < 1.29 is 0 Å². The first-order valence-electron chi connectivity index (χ1n) is 22.2. The molecule has 0 fully saturated rings. The van der Waals surface area contributed by atoms with E-state index in [1.807, 2.05) is 27.9 Å². The van der Waals surface area contributed by atoms with Crippen molar-refractivity contribution in [3.63, 3.8) is 0 Å². The third-order valence-electron chi connectivity index (χ3n) is 9.57. The number of hydrogen-bond acceptors (Lipinski definition) is 1. The molecule has 0 heterocycles. The zero-order chi connectivity index (χ0) is 36.9. The Balaban J connectivity index is -0.000000578. The third-order valence-corrected chi connectivity index (χ3v) is 9.57. The third kappa shape index (κ3) is 54.9. The standard InChI is InChI=1S/C34H68.C9H18.C2H7N.C2H6/c1-6-9-12-14-17-21-25-32(4)26-22-18-15-16-19-23-27-33(5)30-31-34(28-20-11-8-3)29-24-13-10-7-2;1-4-5-6-7-8-9(2)3;1-3-2;1-2/h32,34H,5-31H2,1-4H3;2,4-8H2,1,3H3;3H,1-2H3;1-2H3. The highest BCUT2D eigenvalue weighted by Gasteiger charge is 2.09. The van der Waals surface area contributed by atoms with Gasteiger partial charge in [-0.3, -0.25) is 0 Å². The van der Waals surface area contributed by atoms with E-state index in [4.69, 9.17) is 0 Å². The monoisotopic (exact) mass is 678 g/mol. The van der Waals surface area contributed by atoms with Crippen LogP contribution in [0.5, 0.6) is 0 Å². The number of nitrogens with one attached hydrogen (secondary N) is 1. The van der Waals surface area contributed by atoms with Crippen LogP contribution < -0.4 is 5.32 Å². The van der Waals surface area contributed by atoms with Gasteiger partial charge < -0.3 is 5.32 Å². The van der Waals surface area contributed by atoms with Gasteiger partial charge in [0.05, 0.1) is 0 Å². The minimum absolute atomic E-state index is 0.951. The molecule has 1 heteroatoms. The highest BCUT2D eigenvalue weighted by Crippen LogP contribution is 2.26. The Bertz CT molecular complexity index is 563. The van der Waals surface area contributed by atoms with Gasteiger partial charge in [0.1, 0.15) is 0 Å². The van der Waals surface area contributed by atoms with Crippen LogP contribution in [0.4, 0.5) is 0 Å². The molecule has 0 saturated heterocycles. The lowest BCUT2D eigenvalue weighted by atomic mass is 9.88. The first-order valence-corrected chi connectivity index (χ1v) is 22.2. The van der Waals surface area contributed by atoms with Gasteiger partial charge >= 0.3 is 0 Å². The normalized spacial score (nSPS) is 11.7. The van der Waals surface area contributed by atoms with Crippen LogP contribution in [0.3, 0.4) is 0 Å². The predicted octanol–water partition coefficient (Wildman–Crippen LogP) is 17.4. The summed E-state index contributed by atoms with van der Waals surface area (Å²) >= 11 is 0. The largest absolute Gasteiger partial charge is 0.323 e. The Hall–Kier alpha value is -0.560. The summed E-state index contributed by atoms with van der Waals surface area (Å²) in [5, 5.41) is 2.75. The Morgan fingerprint density at radius 2 is 0.750 bits per heavy atom. The number of unbranched alkanes of at least 4 members (excludes halogenated alkanes) is 18. The van der Waals surface area contributed by atoms with E-state index in [1.165, 1.54) is 210 Å². The first-order chi connectivity index (χ1) is 23.3. The number of rotatable bonds is 33. The van der Waals surface area contributed by atoms with E-state index in [1.54, 1.807) is 0 Å². The Kier molecular flexibility index (Phi) is 57.4. The van der Waals surface area contributed by atoms with E-state index in [-0.39, 0.29) is 0 Å². The van der Waals surface area contributed by atoms with Crippen molar-refractivity contribution in [1.82, 2.24) is 5.32 Å². The summed E-state index contributed by atoms with van der Waals surface area (Å²) in [5.74, 6) is 1.91. The van der Waals surface area contributed by atoms with Crippen molar-refractivity contribution in [2.24, 2.45) is 11.8 Å². The second-order valence-electron chi connectivity index (χ2n) is 15.1. The number of allylic oxidation sites excluding steroid dienone is 2. The second-order valence-corrected chi connectivity index (χ2v) is 15.1. The molecule has 0 aliphatic carbocycles. The van der Waals surface area contributed by atoms with Crippen molar-refractivity contribution in [2.45, 2.75) is 254 Å². The van der Waals surface area contributed by atoms with Crippen molar-refractivity contribution in [1.29, 1.82) is 0 Å². The van der Waals surface area contributed by atoms with Crippen LogP contribution in [-0.4, -0.2) is 14.1 Å². The lowest BCUT2D eigenvalue weighted by molar-refractivity contribution is 0.382. The fraction of sp³-hybridized carbons (Fsp3) is 0.915. The molecule has 0 spiro atoms. The zero-order valence-electron chi connectivity index (χ0n) is 36.0. The molecule has 0 saturated carbocycles. The molecule has 0 aliphatic heterocycles. The molecule has 0 aliphatic rings. The van der Waals surface area contributed by atoms with Gasteiger partial charge in [-0.05, 0) is 71.4 Å². The lowest BCUT2D eigenvalue weighted by Gasteiger charge is -2.17. The van der Waals surface area contributed by atoms with Crippen molar-refractivity contribution in [3.05, 3.63) is 24.3 Å². The van der Waals surface area contributed by atoms with Gasteiger partial charge in [-0.1, -0.05) is 227 Å². The van der Waals surface area contributed by atoms with Gasteiger partial charge in [0.2, 0.25) is 0 Å². The van der Waals surface area contributed by atoms with Crippen molar-refractivity contribution in [2.75, 3.05) is 14.1 Å². The molecule has 0 aromatic carbocycles. The molecule has 0 bridgehead atoms. The summed E-state index contributed by atoms with van der Waals surface area (Å²) in [5.41, 5.74) is 2.86. The van der Waals surface area contributed by atoms with E-state index in [0.29, 0.717) is 0 Å². The molecule has 292 valence electrons. The summed E-state index contributed by atoms with van der Waals surface area (Å²) in [6.07, 6.45) is 43.6. The molecule has 48 heavy (non-hydrogen) atoms. The van der Waals surface area contributed by atoms with Crippen LogP contribution >= 0.6 is 0 Å². The minimum Gasteiger partial charge on any atom is -0.323 e. The Morgan fingerprint density at radius 1 is 0.438 bits per heavy atom. The maximum atomic E-state index is 4.44. The summed E-state index contributed by atoms with van der Waals surface area (Å²) in [4.78, 5) is 0. The van der Waals surface area contributed by atoms with Gasteiger partial charge in [-0.2, -0.15) is 0 Å². The van der Waals surface area contributed by atoms with Gasteiger partial charge in [0.25, 0.3) is 0 Å². The van der Waals surface area contributed by atoms with Crippen LogP contribution in [0.2, 0.25) is 0 Å². The molecule has 0 rings (SSSR count). The van der Waals surface area contributed by atoms with Crippen LogP contribution in [0.25, 0.3) is 0 Å². The van der Waals surface area contributed by atoms with Crippen LogP contribution in [-0.2, 0) is 0 Å². The minimum atomic E-state index is 0.951. The quantitative estimate of drug-likeness (QED) is 0.0538. The summed E-state index contributed by atoms with van der Waals surface area (Å²) < 4.78 is 0. The summed E-state index contributed by atoms with van der Waals surface area (Å²) in [6, 6.07) is 0. The average molecular weight is 678 g/mol. The van der Waals surface area contributed by atoms with Crippen LogP contribution in [0.1, 0.15) is 254 Å². The molecule has 0 radical (unpaired) electrons. The Labute approximate surface area is 309 Å². The second kappa shape index (κ2) is 50.8. The number of hydrogen-bond donors (Lipinski definition) is 1. The fourth-order valence-electron chi connectivity index (χ4n) is 6.35.